The van der Waals surface area contributed by atoms with Crippen molar-refractivity contribution >= 4 is 30.6 Å². The van der Waals surface area contributed by atoms with E-state index in [1.54, 1.807) is 31.3 Å². The van der Waals surface area contributed by atoms with Gasteiger partial charge in [0.25, 0.3) is 6.47 Å². The Morgan fingerprint density at radius 1 is 1.46 bits per heavy atom. The number of nitrogens with one attached hydrogen (secondary N) is 1. The van der Waals surface area contributed by atoms with Crippen LogP contribution in [0.15, 0.2) is 24.3 Å². The minimum atomic E-state index is -0.408. The fourth-order valence-electron chi connectivity index (χ4n) is 1.01. The number of carbonyl (C=O) groups is 1. The van der Waals surface area contributed by atoms with Gasteiger partial charge in [-0.05, 0) is 24.6 Å². The Morgan fingerprint density at radius 2 is 2.08 bits per heavy atom. The maximum absolute atomic E-state index is 10.1. The van der Waals surface area contributed by atoms with E-state index in [9.17, 15) is 4.79 Å². The zero-order valence-corrected chi connectivity index (χ0v) is 7.91. The van der Waals surface area contributed by atoms with Crippen LogP contribution in [0.2, 0.25) is 5.02 Å². The van der Waals surface area contributed by atoms with Gasteiger partial charge >= 0.3 is 7.05 Å². The van der Waals surface area contributed by atoms with Crippen LogP contribution in [0.5, 0.6) is 0 Å². The minimum Gasteiger partial charge on any atom is -0.518 e. The first-order chi connectivity index (χ1) is 6.27. The number of rotatable bonds is 4. The van der Waals surface area contributed by atoms with Crippen LogP contribution >= 0.6 is 11.6 Å². The van der Waals surface area contributed by atoms with E-state index >= 15 is 0 Å². The summed E-state index contributed by atoms with van der Waals surface area (Å²) in [4.78, 5) is 10.1. The highest BCUT2D eigenvalue weighted by molar-refractivity contribution is 6.66. The van der Waals surface area contributed by atoms with Crippen LogP contribution in [0.1, 0.15) is 0 Å². The van der Waals surface area contributed by atoms with Crippen LogP contribution in [-0.2, 0) is 9.45 Å². The first-order valence-corrected chi connectivity index (χ1v) is 4.17. The van der Waals surface area contributed by atoms with Gasteiger partial charge in [0.05, 0.1) is 0 Å². The van der Waals surface area contributed by atoms with Crippen LogP contribution < -0.4 is 10.7 Å². The van der Waals surface area contributed by atoms with Crippen molar-refractivity contribution in [2.24, 2.45) is 0 Å². The van der Waals surface area contributed by atoms with Crippen LogP contribution in [0.4, 0.5) is 0 Å². The molecule has 1 N–H and O–H groups in total. The molecule has 0 radical (unpaired) electrons. The average Bonchev–Trinajstić information content (AvgIpc) is 2.16. The Balaban J connectivity index is 2.78. The highest BCUT2D eigenvalue weighted by atomic mass is 35.5. The second kappa shape index (κ2) is 4.89. The van der Waals surface area contributed by atoms with Gasteiger partial charge in [0.2, 0.25) is 0 Å². The average molecular weight is 197 g/mol. The fraction of sp³-hybridized carbons (Fsp3) is 0.125. The molecule has 1 rings (SSSR count). The molecule has 0 spiro atoms. The summed E-state index contributed by atoms with van der Waals surface area (Å²) in [5.41, 5.74) is 0.860. The van der Waals surface area contributed by atoms with Crippen molar-refractivity contribution in [1.82, 2.24) is 5.23 Å². The van der Waals surface area contributed by atoms with E-state index in [2.05, 4.69) is 5.23 Å². The van der Waals surface area contributed by atoms with Gasteiger partial charge in [-0.25, -0.2) is 0 Å². The van der Waals surface area contributed by atoms with Crippen molar-refractivity contribution in [3.8, 4) is 0 Å². The highest BCUT2D eigenvalue weighted by Gasteiger charge is 2.17. The van der Waals surface area contributed by atoms with E-state index in [4.69, 9.17) is 16.3 Å². The molecule has 0 aromatic heterocycles. The molecule has 0 amide bonds. The summed E-state index contributed by atoms with van der Waals surface area (Å²) in [6, 6.07) is 7.09. The molecule has 3 nitrogen and oxygen atoms in total. The van der Waals surface area contributed by atoms with E-state index < -0.39 is 7.05 Å². The smallest absolute Gasteiger partial charge is 0.484 e. The SMILES string of the molecule is CNB(OC=O)c1ccc(Cl)cc1. The second-order valence-corrected chi connectivity index (χ2v) is 2.89. The highest BCUT2D eigenvalue weighted by Crippen LogP contribution is 2.03. The summed E-state index contributed by atoms with van der Waals surface area (Å²) in [6.07, 6.45) is 0. The summed E-state index contributed by atoms with van der Waals surface area (Å²) in [6.45, 7) is 0.412. The first-order valence-electron chi connectivity index (χ1n) is 3.79. The fourth-order valence-corrected chi connectivity index (χ4v) is 1.13. The van der Waals surface area contributed by atoms with E-state index in [1.165, 1.54) is 0 Å². The molecule has 5 heteroatoms. The van der Waals surface area contributed by atoms with Crippen molar-refractivity contribution in [2.75, 3.05) is 7.05 Å². The lowest BCUT2D eigenvalue weighted by atomic mass is 9.74. The standard InChI is InChI=1S/C8H9BClNO2/c1-11-9(13-6-12)7-2-4-8(10)5-3-7/h2-6,11H,1H3. The number of benzene rings is 1. The summed E-state index contributed by atoms with van der Waals surface area (Å²) in [5.74, 6) is 0. The zero-order chi connectivity index (χ0) is 9.68. The maximum atomic E-state index is 10.1. The maximum Gasteiger partial charge on any atom is 0.484 e. The van der Waals surface area contributed by atoms with Crippen molar-refractivity contribution in [3.05, 3.63) is 29.3 Å². The van der Waals surface area contributed by atoms with Gasteiger partial charge in [-0.3, -0.25) is 4.79 Å². The van der Waals surface area contributed by atoms with Crippen LogP contribution in [0, 0.1) is 0 Å². The molecule has 0 fully saturated rings. The Kier molecular flexibility index (Phi) is 3.80. The van der Waals surface area contributed by atoms with Gasteiger partial charge in [0, 0.05) is 5.02 Å². The van der Waals surface area contributed by atoms with E-state index in [0.717, 1.165) is 5.46 Å². The summed E-state index contributed by atoms with van der Waals surface area (Å²) < 4.78 is 4.78. The Morgan fingerprint density at radius 3 is 2.54 bits per heavy atom. The molecule has 0 aliphatic heterocycles. The quantitative estimate of drug-likeness (QED) is 0.562. The molecule has 0 saturated carbocycles. The first kappa shape index (κ1) is 10.1. The third kappa shape index (κ3) is 2.75. The molecule has 0 atom stereocenters. The molecule has 0 bridgehead atoms. The third-order valence-corrected chi connectivity index (χ3v) is 1.88. The van der Waals surface area contributed by atoms with E-state index in [0.29, 0.717) is 11.5 Å². The molecule has 68 valence electrons. The van der Waals surface area contributed by atoms with E-state index in [1.807, 2.05) is 0 Å². The lowest BCUT2D eigenvalue weighted by molar-refractivity contribution is -0.121. The van der Waals surface area contributed by atoms with Gasteiger partial charge in [-0.2, -0.15) is 0 Å². The molecule has 0 aliphatic rings. The van der Waals surface area contributed by atoms with Gasteiger partial charge in [-0.1, -0.05) is 23.7 Å². The Labute approximate surface area is 82.2 Å². The Hall–Kier alpha value is -0.995. The largest absolute Gasteiger partial charge is 0.518 e. The van der Waals surface area contributed by atoms with Crippen LogP contribution in [-0.4, -0.2) is 20.6 Å². The van der Waals surface area contributed by atoms with Crippen LogP contribution in [0.3, 0.4) is 0 Å². The normalized spacial score (nSPS) is 9.38. The van der Waals surface area contributed by atoms with Crippen molar-refractivity contribution < 1.29 is 9.45 Å². The minimum absolute atomic E-state index is 0.408. The van der Waals surface area contributed by atoms with Crippen LogP contribution in [0.25, 0.3) is 0 Å². The zero-order valence-electron chi connectivity index (χ0n) is 7.16. The third-order valence-electron chi connectivity index (χ3n) is 1.63. The number of hydrogen-bond acceptors (Lipinski definition) is 3. The van der Waals surface area contributed by atoms with E-state index in [-0.39, 0.29) is 0 Å². The number of carbonyl (C=O) groups excluding carboxylic acids is 1. The molecule has 13 heavy (non-hydrogen) atoms. The molecular formula is C8H9BClNO2. The number of halogens is 1. The van der Waals surface area contributed by atoms with Crippen molar-refractivity contribution in [3.63, 3.8) is 0 Å². The molecule has 0 heterocycles. The molecule has 0 unspecified atom stereocenters. The monoisotopic (exact) mass is 197 g/mol. The molecule has 1 aromatic rings. The lowest BCUT2D eigenvalue weighted by Gasteiger charge is -2.08. The molecule has 0 aliphatic carbocycles. The summed E-state index contributed by atoms with van der Waals surface area (Å²) in [7, 11) is 1.30. The predicted octanol–water partition coefficient (Wildman–Crippen LogP) is 0.428. The Bertz CT molecular complexity index is 278. The summed E-state index contributed by atoms with van der Waals surface area (Å²) >= 11 is 5.71. The van der Waals surface area contributed by atoms with Crippen molar-refractivity contribution in [1.29, 1.82) is 0 Å². The molecule has 1 aromatic carbocycles. The lowest BCUT2D eigenvalue weighted by Crippen LogP contribution is -2.45. The van der Waals surface area contributed by atoms with Gasteiger partial charge < -0.3 is 9.88 Å². The number of hydrogen-bond donors (Lipinski definition) is 1. The van der Waals surface area contributed by atoms with Gasteiger partial charge in [0.15, 0.2) is 0 Å². The topological polar surface area (TPSA) is 38.3 Å². The molecule has 0 saturated heterocycles. The second-order valence-electron chi connectivity index (χ2n) is 2.45. The summed E-state index contributed by atoms with van der Waals surface area (Å²) in [5, 5.41) is 3.50. The van der Waals surface area contributed by atoms with Gasteiger partial charge in [0.1, 0.15) is 0 Å². The van der Waals surface area contributed by atoms with Gasteiger partial charge in [-0.15, -0.1) is 0 Å². The molecular weight excluding hydrogens is 188 g/mol. The predicted molar refractivity (Wildman–Crippen MR) is 53.0 cm³/mol. The van der Waals surface area contributed by atoms with Crippen molar-refractivity contribution in [2.45, 2.75) is 0 Å².